The van der Waals surface area contributed by atoms with Crippen molar-refractivity contribution in [1.29, 1.82) is 0 Å². The van der Waals surface area contributed by atoms with Gasteiger partial charge in [-0.25, -0.2) is 0 Å². The van der Waals surface area contributed by atoms with Crippen molar-refractivity contribution in [3.63, 3.8) is 0 Å². The highest BCUT2D eigenvalue weighted by atomic mass is 79.9. The first kappa shape index (κ1) is 14.2. The van der Waals surface area contributed by atoms with Crippen LogP contribution < -0.4 is 5.73 Å². The Labute approximate surface area is 131 Å². The predicted octanol–water partition coefficient (Wildman–Crippen LogP) is 3.77. The zero-order valence-electron chi connectivity index (χ0n) is 11.3. The largest absolute Gasteiger partial charge is 0.324 e. The third-order valence-corrected chi connectivity index (χ3v) is 5.06. The van der Waals surface area contributed by atoms with E-state index < -0.39 is 0 Å². The second kappa shape index (κ2) is 5.58. The summed E-state index contributed by atoms with van der Waals surface area (Å²) in [6.45, 7) is 0. The molecule has 0 saturated carbocycles. The van der Waals surface area contributed by atoms with Crippen molar-refractivity contribution in [2.75, 3.05) is 0 Å². The van der Waals surface area contributed by atoms with Gasteiger partial charge < -0.3 is 5.73 Å². The molecule has 0 spiro atoms. The zero-order valence-corrected chi connectivity index (χ0v) is 12.9. The molecule has 21 heavy (non-hydrogen) atoms. The molecule has 0 aromatic heterocycles. The number of halogens is 1. The second-order valence-electron chi connectivity index (χ2n) is 5.40. The monoisotopic (exact) mass is 346 g/mol. The molecule has 0 radical (unpaired) electrons. The molecule has 2 unspecified atom stereocenters. The molecular formula is C16H15BrN2O2. The Morgan fingerprint density at radius 3 is 2.71 bits per heavy atom. The van der Waals surface area contributed by atoms with E-state index in [1.807, 2.05) is 18.2 Å². The molecule has 0 amide bonds. The molecule has 4 nitrogen and oxygen atoms in total. The lowest BCUT2D eigenvalue weighted by Crippen LogP contribution is -2.19. The van der Waals surface area contributed by atoms with Crippen molar-refractivity contribution >= 4 is 21.6 Å². The van der Waals surface area contributed by atoms with Crippen molar-refractivity contribution < 1.29 is 4.92 Å². The van der Waals surface area contributed by atoms with Gasteiger partial charge in [-0.3, -0.25) is 10.1 Å². The highest BCUT2D eigenvalue weighted by Gasteiger charge is 2.30. The number of nitro groups is 1. The summed E-state index contributed by atoms with van der Waals surface area (Å²) in [5.41, 5.74) is 9.87. The molecule has 1 aliphatic rings. The minimum absolute atomic E-state index is 0.00707. The number of rotatable bonds is 3. The van der Waals surface area contributed by atoms with Crippen LogP contribution in [0.4, 0.5) is 5.69 Å². The Morgan fingerprint density at radius 1 is 1.24 bits per heavy atom. The Bertz CT molecular complexity index is 702. The molecule has 0 heterocycles. The highest BCUT2D eigenvalue weighted by Crippen LogP contribution is 2.38. The van der Waals surface area contributed by atoms with Gasteiger partial charge in [0.05, 0.1) is 9.40 Å². The van der Waals surface area contributed by atoms with E-state index in [0.29, 0.717) is 4.47 Å². The maximum Gasteiger partial charge on any atom is 0.283 e. The quantitative estimate of drug-likeness (QED) is 0.679. The summed E-state index contributed by atoms with van der Waals surface area (Å²) in [7, 11) is 0. The first-order chi connectivity index (χ1) is 10.1. The maximum atomic E-state index is 11.0. The van der Waals surface area contributed by atoms with E-state index in [1.54, 1.807) is 6.07 Å². The zero-order chi connectivity index (χ0) is 15.0. The topological polar surface area (TPSA) is 69.2 Å². The summed E-state index contributed by atoms with van der Waals surface area (Å²) in [4.78, 5) is 10.6. The Morgan fingerprint density at radius 2 is 2.00 bits per heavy atom. The Balaban J connectivity index is 1.86. The third kappa shape index (κ3) is 2.59. The van der Waals surface area contributed by atoms with Crippen molar-refractivity contribution in [2.24, 2.45) is 11.7 Å². The Kier molecular flexibility index (Phi) is 3.78. The van der Waals surface area contributed by atoms with Gasteiger partial charge in [-0.15, -0.1) is 0 Å². The molecule has 2 aromatic rings. The van der Waals surface area contributed by atoms with Crippen LogP contribution in [-0.2, 0) is 12.8 Å². The molecule has 0 bridgehead atoms. The summed E-state index contributed by atoms with van der Waals surface area (Å²) in [5.74, 6) is 0.278. The molecule has 3 rings (SSSR count). The van der Waals surface area contributed by atoms with Crippen LogP contribution in [0.5, 0.6) is 0 Å². The van der Waals surface area contributed by atoms with Gasteiger partial charge in [-0.05, 0) is 51.4 Å². The van der Waals surface area contributed by atoms with Crippen LogP contribution in [-0.4, -0.2) is 4.92 Å². The second-order valence-corrected chi connectivity index (χ2v) is 6.19. The normalized spacial score (nSPS) is 20.3. The molecular weight excluding hydrogens is 332 g/mol. The van der Waals surface area contributed by atoms with Gasteiger partial charge in [0, 0.05) is 12.1 Å². The highest BCUT2D eigenvalue weighted by molar-refractivity contribution is 9.10. The van der Waals surface area contributed by atoms with E-state index in [-0.39, 0.29) is 22.6 Å². The number of hydrogen-bond acceptors (Lipinski definition) is 3. The molecule has 5 heteroatoms. The standard InChI is InChI=1S/C16H15BrN2O2/c17-15-11(5-3-7-14(15)19(20)21)9-12-8-10-4-1-2-6-13(10)16(12)18/h1-7,12,16H,8-9,18H2. The number of nitrogens with two attached hydrogens (primary N) is 1. The average Bonchev–Trinajstić information content (AvgIpc) is 2.78. The van der Waals surface area contributed by atoms with Gasteiger partial charge >= 0.3 is 0 Å². The van der Waals surface area contributed by atoms with Crippen molar-refractivity contribution in [3.05, 3.63) is 73.7 Å². The van der Waals surface area contributed by atoms with Crippen molar-refractivity contribution in [1.82, 2.24) is 0 Å². The predicted molar refractivity (Wildman–Crippen MR) is 85.1 cm³/mol. The van der Waals surface area contributed by atoms with E-state index in [2.05, 4.69) is 28.1 Å². The van der Waals surface area contributed by atoms with Gasteiger partial charge in [0.2, 0.25) is 0 Å². The van der Waals surface area contributed by atoms with Crippen molar-refractivity contribution in [3.8, 4) is 0 Å². The van der Waals surface area contributed by atoms with Crippen LogP contribution in [0, 0.1) is 16.0 Å². The van der Waals surface area contributed by atoms with Crippen molar-refractivity contribution in [2.45, 2.75) is 18.9 Å². The average molecular weight is 347 g/mol. The molecule has 0 aliphatic heterocycles. The summed E-state index contributed by atoms with van der Waals surface area (Å²) in [5, 5.41) is 11.0. The van der Waals surface area contributed by atoms with E-state index in [1.165, 1.54) is 17.2 Å². The number of nitrogens with zero attached hydrogens (tertiary/aromatic N) is 1. The molecule has 2 N–H and O–H groups in total. The number of hydrogen-bond donors (Lipinski definition) is 1. The summed E-state index contributed by atoms with van der Waals surface area (Å²) in [6.07, 6.45) is 1.66. The fraction of sp³-hybridized carbons (Fsp3) is 0.250. The molecule has 0 fully saturated rings. The van der Waals surface area contributed by atoms with Gasteiger partial charge in [-0.2, -0.15) is 0 Å². The summed E-state index contributed by atoms with van der Waals surface area (Å²) in [6, 6.07) is 13.4. The number of nitro benzene ring substituents is 1. The summed E-state index contributed by atoms with van der Waals surface area (Å²) >= 11 is 3.36. The fourth-order valence-corrected chi connectivity index (χ4v) is 3.63. The number of benzene rings is 2. The minimum atomic E-state index is -0.364. The fourth-order valence-electron chi connectivity index (χ4n) is 3.06. The molecule has 108 valence electrons. The van der Waals surface area contributed by atoms with Gasteiger partial charge in [-0.1, -0.05) is 36.4 Å². The molecule has 0 saturated heterocycles. The Hall–Kier alpha value is -1.72. The van der Waals surface area contributed by atoms with Crippen LogP contribution in [0.15, 0.2) is 46.9 Å². The van der Waals surface area contributed by atoms with Gasteiger partial charge in [0.25, 0.3) is 5.69 Å². The first-order valence-electron chi connectivity index (χ1n) is 6.83. The van der Waals surface area contributed by atoms with Gasteiger partial charge in [0.15, 0.2) is 0 Å². The van der Waals surface area contributed by atoms with Crippen LogP contribution in [0.1, 0.15) is 22.7 Å². The first-order valence-corrected chi connectivity index (χ1v) is 7.62. The van der Waals surface area contributed by atoms with Gasteiger partial charge in [0.1, 0.15) is 0 Å². The van der Waals surface area contributed by atoms with E-state index in [4.69, 9.17) is 5.73 Å². The molecule has 2 atom stereocenters. The smallest absolute Gasteiger partial charge is 0.283 e. The summed E-state index contributed by atoms with van der Waals surface area (Å²) < 4.78 is 0.568. The lowest BCUT2D eigenvalue weighted by Gasteiger charge is -2.16. The van der Waals surface area contributed by atoms with E-state index in [0.717, 1.165) is 18.4 Å². The maximum absolute atomic E-state index is 11.0. The van der Waals surface area contributed by atoms with Crippen LogP contribution in [0.3, 0.4) is 0 Å². The lowest BCUT2D eigenvalue weighted by atomic mass is 9.93. The van der Waals surface area contributed by atoms with Crippen LogP contribution in [0.2, 0.25) is 0 Å². The van der Waals surface area contributed by atoms with E-state index in [9.17, 15) is 10.1 Å². The minimum Gasteiger partial charge on any atom is -0.324 e. The van der Waals surface area contributed by atoms with E-state index >= 15 is 0 Å². The SMILES string of the molecule is NC1c2ccccc2CC1Cc1cccc([N+](=O)[O-])c1Br. The van der Waals surface area contributed by atoms with Crippen LogP contribution in [0.25, 0.3) is 0 Å². The molecule has 1 aliphatic carbocycles. The lowest BCUT2D eigenvalue weighted by molar-refractivity contribution is -0.385. The molecule has 2 aromatic carbocycles. The number of fused-ring (bicyclic) bond motifs is 1. The van der Waals surface area contributed by atoms with Crippen LogP contribution >= 0.6 is 15.9 Å². The third-order valence-electron chi connectivity index (χ3n) is 4.14.